The zero-order valence-corrected chi connectivity index (χ0v) is 10.6. The van der Waals surface area contributed by atoms with Crippen LogP contribution >= 0.6 is 0 Å². The van der Waals surface area contributed by atoms with E-state index >= 15 is 0 Å². The van der Waals surface area contributed by atoms with Crippen LogP contribution in [0.25, 0.3) is 0 Å². The van der Waals surface area contributed by atoms with Crippen molar-refractivity contribution >= 4 is 11.9 Å². The van der Waals surface area contributed by atoms with Gasteiger partial charge in [-0.1, -0.05) is 12.8 Å². The van der Waals surface area contributed by atoms with Crippen molar-refractivity contribution < 1.29 is 19.4 Å². The second-order valence-corrected chi connectivity index (χ2v) is 4.62. The summed E-state index contributed by atoms with van der Waals surface area (Å²) in [5.41, 5.74) is 0.154. The Labute approximate surface area is 110 Å². The molecule has 1 aromatic rings. The molecule has 1 fully saturated rings. The van der Waals surface area contributed by atoms with Gasteiger partial charge in [-0.3, -0.25) is 9.78 Å². The van der Waals surface area contributed by atoms with E-state index in [0.717, 1.165) is 12.8 Å². The summed E-state index contributed by atoms with van der Waals surface area (Å²) in [5, 5.41) is 11.6. The fourth-order valence-corrected chi connectivity index (χ4v) is 1.80. The Balaban J connectivity index is 2.02. The number of amides is 1. The van der Waals surface area contributed by atoms with E-state index in [4.69, 9.17) is 9.84 Å². The number of carboxylic acids is 1. The molecule has 0 radical (unpaired) electrons. The van der Waals surface area contributed by atoms with Gasteiger partial charge in [0.2, 0.25) is 0 Å². The first-order valence-electron chi connectivity index (χ1n) is 6.14. The molecule has 1 saturated carbocycles. The van der Waals surface area contributed by atoms with E-state index in [2.05, 4.69) is 10.3 Å². The second kappa shape index (κ2) is 5.69. The molecule has 1 aromatic heterocycles. The Morgan fingerprint density at radius 2 is 2.32 bits per heavy atom. The number of nitrogens with one attached hydrogen (secondary N) is 1. The Bertz CT molecular complexity index is 485. The minimum Gasteiger partial charge on any atom is -0.497 e. The van der Waals surface area contributed by atoms with Gasteiger partial charge in [-0.25, -0.2) is 4.79 Å². The fourth-order valence-electron chi connectivity index (χ4n) is 1.80. The van der Waals surface area contributed by atoms with E-state index in [1.54, 1.807) is 6.07 Å². The molecule has 1 heterocycles. The first kappa shape index (κ1) is 13.3. The zero-order chi connectivity index (χ0) is 13.8. The third kappa shape index (κ3) is 3.67. The molecular weight excluding hydrogens is 248 g/mol. The molecule has 6 nitrogen and oxygen atoms in total. The van der Waals surface area contributed by atoms with Crippen LogP contribution in [0.3, 0.4) is 0 Å². The lowest BCUT2D eigenvalue weighted by Crippen LogP contribution is -2.41. The molecule has 102 valence electrons. The predicted molar refractivity (Wildman–Crippen MR) is 67.0 cm³/mol. The van der Waals surface area contributed by atoms with Gasteiger partial charge in [0.15, 0.2) is 0 Å². The summed E-state index contributed by atoms with van der Waals surface area (Å²) in [5.74, 6) is -0.580. The van der Waals surface area contributed by atoms with Crippen LogP contribution in [0.2, 0.25) is 0 Å². The normalized spacial score (nSPS) is 15.6. The predicted octanol–water partition coefficient (Wildman–Crippen LogP) is 1.07. The molecule has 1 atom stereocenters. The van der Waals surface area contributed by atoms with E-state index in [-0.39, 0.29) is 5.69 Å². The number of methoxy groups -OCH3 is 1. The number of hydrogen-bond donors (Lipinski definition) is 2. The first-order valence-corrected chi connectivity index (χ1v) is 6.14. The van der Waals surface area contributed by atoms with Crippen LogP contribution in [-0.2, 0) is 4.79 Å². The van der Waals surface area contributed by atoms with Gasteiger partial charge in [-0.15, -0.1) is 0 Å². The molecule has 0 aromatic carbocycles. The maximum atomic E-state index is 11.9. The Morgan fingerprint density at radius 1 is 1.58 bits per heavy atom. The summed E-state index contributed by atoms with van der Waals surface area (Å²) in [6, 6.07) is 2.24. The quantitative estimate of drug-likeness (QED) is 0.802. The van der Waals surface area contributed by atoms with E-state index in [1.807, 2.05) is 0 Å². The number of carbonyl (C=O) groups is 2. The van der Waals surface area contributed by atoms with Crippen LogP contribution in [-0.4, -0.2) is 35.1 Å². The van der Waals surface area contributed by atoms with Crippen LogP contribution in [0.5, 0.6) is 5.75 Å². The summed E-state index contributed by atoms with van der Waals surface area (Å²) in [6.07, 6.45) is 4.00. The van der Waals surface area contributed by atoms with Crippen LogP contribution in [0.15, 0.2) is 18.3 Å². The smallest absolute Gasteiger partial charge is 0.326 e. The minimum atomic E-state index is -1.01. The number of ether oxygens (including phenoxy) is 1. The monoisotopic (exact) mass is 264 g/mol. The minimum absolute atomic E-state index is 0.154. The molecule has 1 amide bonds. The van der Waals surface area contributed by atoms with Crippen molar-refractivity contribution in [3.05, 3.63) is 24.0 Å². The van der Waals surface area contributed by atoms with Crippen molar-refractivity contribution in [2.45, 2.75) is 25.3 Å². The third-order valence-corrected chi connectivity index (χ3v) is 3.07. The number of hydrogen-bond acceptors (Lipinski definition) is 4. The van der Waals surface area contributed by atoms with E-state index in [1.165, 1.54) is 19.4 Å². The molecular formula is C13H16N2O4. The molecule has 0 bridgehead atoms. The maximum Gasteiger partial charge on any atom is 0.326 e. The summed E-state index contributed by atoms with van der Waals surface area (Å²) >= 11 is 0. The Kier molecular flexibility index (Phi) is 3.99. The summed E-state index contributed by atoms with van der Waals surface area (Å²) in [6.45, 7) is 0. The van der Waals surface area contributed by atoms with Crippen LogP contribution < -0.4 is 10.1 Å². The molecule has 2 N–H and O–H groups in total. The van der Waals surface area contributed by atoms with Gasteiger partial charge in [-0.05, 0) is 18.4 Å². The molecule has 0 saturated heterocycles. The summed E-state index contributed by atoms with van der Waals surface area (Å²) in [7, 11) is 1.49. The van der Waals surface area contributed by atoms with Crippen molar-refractivity contribution in [1.29, 1.82) is 0 Å². The molecule has 6 heteroatoms. The van der Waals surface area contributed by atoms with E-state index < -0.39 is 17.9 Å². The van der Waals surface area contributed by atoms with Gasteiger partial charge < -0.3 is 15.2 Å². The molecule has 19 heavy (non-hydrogen) atoms. The van der Waals surface area contributed by atoms with Gasteiger partial charge in [-0.2, -0.15) is 0 Å². The number of rotatable bonds is 6. The molecule has 1 aliphatic rings. The number of carbonyl (C=O) groups excluding carboxylic acids is 1. The van der Waals surface area contributed by atoms with Gasteiger partial charge in [0, 0.05) is 12.3 Å². The van der Waals surface area contributed by atoms with Gasteiger partial charge >= 0.3 is 5.97 Å². The highest BCUT2D eigenvalue weighted by molar-refractivity contribution is 5.95. The molecule has 1 aliphatic carbocycles. The molecule has 0 spiro atoms. The molecule has 1 unspecified atom stereocenters. The molecule has 0 aliphatic heterocycles. The van der Waals surface area contributed by atoms with Crippen LogP contribution in [0.4, 0.5) is 0 Å². The van der Waals surface area contributed by atoms with Gasteiger partial charge in [0.25, 0.3) is 5.91 Å². The topological polar surface area (TPSA) is 88.5 Å². The number of aromatic nitrogens is 1. The highest BCUT2D eigenvalue weighted by Gasteiger charge is 2.30. The van der Waals surface area contributed by atoms with Crippen LogP contribution in [0.1, 0.15) is 29.8 Å². The first-order chi connectivity index (χ1) is 9.10. The third-order valence-electron chi connectivity index (χ3n) is 3.07. The lowest BCUT2D eigenvalue weighted by Gasteiger charge is -2.13. The van der Waals surface area contributed by atoms with Crippen molar-refractivity contribution in [3.8, 4) is 5.75 Å². The van der Waals surface area contributed by atoms with Crippen molar-refractivity contribution in [3.63, 3.8) is 0 Å². The van der Waals surface area contributed by atoms with Gasteiger partial charge in [0.05, 0.1) is 7.11 Å². The van der Waals surface area contributed by atoms with Crippen LogP contribution in [0, 0.1) is 5.92 Å². The average molecular weight is 264 g/mol. The van der Waals surface area contributed by atoms with E-state index in [0.29, 0.717) is 18.1 Å². The number of carboxylic acid groups (broad SMARTS) is 1. The maximum absolute atomic E-state index is 11.9. The summed E-state index contributed by atoms with van der Waals surface area (Å²) < 4.78 is 5.00. The number of nitrogens with zero attached hydrogens (tertiary/aromatic N) is 1. The lowest BCUT2D eigenvalue weighted by molar-refractivity contribution is -0.139. The lowest BCUT2D eigenvalue weighted by atomic mass is 10.1. The highest BCUT2D eigenvalue weighted by Crippen LogP contribution is 2.33. The Hall–Kier alpha value is -2.11. The standard InChI is InChI=1S/C13H16N2O4/c1-19-9-4-5-14-10(7-9)12(16)15-11(13(17)18)6-8-2-3-8/h4-5,7-8,11H,2-3,6H2,1H3,(H,15,16)(H,17,18). The van der Waals surface area contributed by atoms with Gasteiger partial charge in [0.1, 0.15) is 17.5 Å². The summed E-state index contributed by atoms with van der Waals surface area (Å²) in [4.78, 5) is 26.9. The SMILES string of the molecule is COc1ccnc(C(=O)NC(CC2CC2)C(=O)O)c1. The second-order valence-electron chi connectivity index (χ2n) is 4.62. The molecule has 2 rings (SSSR count). The number of pyridine rings is 1. The van der Waals surface area contributed by atoms with E-state index in [9.17, 15) is 9.59 Å². The van der Waals surface area contributed by atoms with Crippen molar-refractivity contribution in [1.82, 2.24) is 10.3 Å². The largest absolute Gasteiger partial charge is 0.497 e. The van der Waals surface area contributed by atoms with Crippen molar-refractivity contribution in [2.24, 2.45) is 5.92 Å². The number of aliphatic carboxylic acids is 1. The average Bonchev–Trinajstić information content (AvgIpc) is 3.21. The van der Waals surface area contributed by atoms with Crippen molar-refractivity contribution in [2.75, 3.05) is 7.11 Å². The fraction of sp³-hybridized carbons (Fsp3) is 0.462. The Morgan fingerprint density at radius 3 is 2.89 bits per heavy atom. The highest BCUT2D eigenvalue weighted by atomic mass is 16.5. The zero-order valence-electron chi connectivity index (χ0n) is 10.6.